The monoisotopic (exact) mass is 498 g/mol. The number of benzene rings is 1. The SMILES string of the molecule is CC(O)c1c([N+](=O)[O-])ccc(OCCCCCCC(=O)N(CCCCO)C2CCCCC2)c1Cl. The highest BCUT2D eigenvalue weighted by Gasteiger charge is 2.25. The Hall–Kier alpha value is -1.90. The number of nitro groups is 1. The van der Waals surface area contributed by atoms with Crippen molar-refractivity contribution in [2.75, 3.05) is 19.8 Å². The third-order valence-corrected chi connectivity index (χ3v) is 6.81. The molecule has 1 aromatic rings. The molecule has 1 fully saturated rings. The number of carbonyl (C=O) groups excluding carboxylic acids is 1. The van der Waals surface area contributed by atoms with E-state index in [-0.39, 0.29) is 28.8 Å². The molecule has 1 aliphatic carbocycles. The lowest BCUT2D eigenvalue weighted by molar-refractivity contribution is -0.386. The zero-order valence-electron chi connectivity index (χ0n) is 20.2. The van der Waals surface area contributed by atoms with E-state index >= 15 is 0 Å². The fourth-order valence-electron chi connectivity index (χ4n) is 4.59. The van der Waals surface area contributed by atoms with Crippen molar-refractivity contribution < 1.29 is 24.7 Å². The zero-order chi connectivity index (χ0) is 24.9. The predicted molar refractivity (Wildman–Crippen MR) is 132 cm³/mol. The molecule has 2 rings (SSSR count). The van der Waals surface area contributed by atoms with E-state index in [9.17, 15) is 20.0 Å². The summed E-state index contributed by atoms with van der Waals surface area (Å²) in [5, 5.41) is 30.2. The first-order valence-corrected chi connectivity index (χ1v) is 12.9. The molecule has 1 saturated carbocycles. The van der Waals surface area contributed by atoms with Gasteiger partial charge in [-0.2, -0.15) is 0 Å². The summed E-state index contributed by atoms with van der Waals surface area (Å²) in [6.07, 6.45) is 10.3. The smallest absolute Gasteiger partial charge is 0.276 e. The van der Waals surface area contributed by atoms with Crippen LogP contribution in [-0.2, 0) is 4.79 Å². The average Bonchev–Trinajstić information content (AvgIpc) is 2.82. The Balaban J connectivity index is 1.73. The summed E-state index contributed by atoms with van der Waals surface area (Å²) >= 11 is 6.24. The molecule has 0 saturated heterocycles. The summed E-state index contributed by atoms with van der Waals surface area (Å²) in [6.45, 7) is 2.74. The van der Waals surface area contributed by atoms with Gasteiger partial charge in [0.1, 0.15) is 5.75 Å². The molecular formula is C25H39ClN2O6. The van der Waals surface area contributed by atoms with Gasteiger partial charge in [0.2, 0.25) is 5.91 Å². The van der Waals surface area contributed by atoms with Crippen molar-refractivity contribution in [3.63, 3.8) is 0 Å². The van der Waals surface area contributed by atoms with Crippen LogP contribution in [0.15, 0.2) is 12.1 Å². The molecule has 1 aromatic carbocycles. The molecular weight excluding hydrogens is 460 g/mol. The largest absolute Gasteiger partial charge is 0.492 e. The highest BCUT2D eigenvalue weighted by atomic mass is 35.5. The standard InChI is InChI=1S/C25H39ClN2O6/c1-19(30)24-21(28(32)33)14-15-22(25(24)26)34-18-10-3-2-7-13-23(31)27(16-8-9-17-29)20-11-5-4-6-12-20/h14-15,19-20,29-30H,2-13,16-18H2,1H3. The van der Waals surface area contributed by atoms with Crippen molar-refractivity contribution in [1.82, 2.24) is 4.90 Å². The Morgan fingerprint density at radius 3 is 2.53 bits per heavy atom. The third-order valence-electron chi connectivity index (χ3n) is 6.42. The molecule has 8 nitrogen and oxygen atoms in total. The van der Waals surface area contributed by atoms with E-state index in [1.807, 2.05) is 0 Å². The molecule has 1 atom stereocenters. The summed E-state index contributed by atoms with van der Waals surface area (Å²) < 4.78 is 5.70. The Bertz CT molecular complexity index is 783. The van der Waals surface area contributed by atoms with Crippen LogP contribution >= 0.6 is 11.6 Å². The van der Waals surface area contributed by atoms with Crippen molar-refractivity contribution in [1.29, 1.82) is 0 Å². The molecule has 0 aromatic heterocycles. The van der Waals surface area contributed by atoms with Crippen LogP contribution in [0.4, 0.5) is 5.69 Å². The van der Waals surface area contributed by atoms with Crippen molar-refractivity contribution in [3.8, 4) is 5.75 Å². The van der Waals surface area contributed by atoms with Gasteiger partial charge in [0.05, 0.1) is 28.2 Å². The maximum Gasteiger partial charge on any atom is 0.276 e. The number of amides is 1. The quantitative estimate of drug-likeness (QED) is 0.186. The predicted octanol–water partition coefficient (Wildman–Crippen LogP) is 5.56. The Morgan fingerprint density at radius 2 is 1.88 bits per heavy atom. The Kier molecular flexibility index (Phi) is 12.6. The van der Waals surface area contributed by atoms with E-state index < -0.39 is 11.0 Å². The fourth-order valence-corrected chi connectivity index (χ4v) is 4.96. The topological polar surface area (TPSA) is 113 Å². The number of nitrogens with zero attached hydrogens (tertiary/aromatic N) is 2. The number of halogens is 1. The van der Waals surface area contributed by atoms with Crippen LogP contribution < -0.4 is 4.74 Å². The van der Waals surface area contributed by atoms with Crippen LogP contribution in [0.5, 0.6) is 5.75 Å². The average molecular weight is 499 g/mol. The number of unbranched alkanes of at least 4 members (excludes halogenated alkanes) is 4. The number of hydrogen-bond donors (Lipinski definition) is 2. The number of nitro benzene ring substituents is 1. The second-order valence-corrected chi connectivity index (χ2v) is 9.44. The van der Waals surface area contributed by atoms with E-state index in [1.54, 1.807) is 0 Å². The molecule has 0 aliphatic heterocycles. The molecule has 1 unspecified atom stereocenters. The number of carbonyl (C=O) groups is 1. The molecule has 0 spiro atoms. The lowest BCUT2D eigenvalue weighted by Gasteiger charge is -2.34. The van der Waals surface area contributed by atoms with Crippen molar-refractivity contribution in [2.45, 2.75) is 96.1 Å². The van der Waals surface area contributed by atoms with Gasteiger partial charge in [-0.05, 0) is 51.5 Å². The van der Waals surface area contributed by atoms with Gasteiger partial charge in [-0.25, -0.2) is 0 Å². The van der Waals surface area contributed by atoms with Gasteiger partial charge in [-0.15, -0.1) is 0 Å². The number of ether oxygens (including phenoxy) is 1. The van der Waals surface area contributed by atoms with Crippen molar-refractivity contribution in [2.24, 2.45) is 0 Å². The van der Waals surface area contributed by atoms with Gasteiger partial charge in [0.15, 0.2) is 0 Å². The van der Waals surface area contributed by atoms with Crippen molar-refractivity contribution in [3.05, 3.63) is 32.8 Å². The molecule has 0 radical (unpaired) electrons. The molecule has 2 N–H and O–H groups in total. The lowest BCUT2D eigenvalue weighted by Crippen LogP contribution is -2.42. The van der Waals surface area contributed by atoms with E-state index in [2.05, 4.69) is 4.90 Å². The molecule has 1 amide bonds. The molecule has 192 valence electrons. The van der Waals surface area contributed by atoms with Crippen LogP contribution in [0.25, 0.3) is 0 Å². The number of aliphatic hydroxyl groups excluding tert-OH is 2. The van der Waals surface area contributed by atoms with Crippen LogP contribution in [-0.4, -0.2) is 51.7 Å². The number of aliphatic hydroxyl groups is 2. The summed E-state index contributed by atoms with van der Waals surface area (Å²) in [5.74, 6) is 0.550. The maximum atomic E-state index is 12.9. The highest BCUT2D eigenvalue weighted by molar-refractivity contribution is 6.33. The summed E-state index contributed by atoms with van der Waals surface area (Å²) in [7, 11) is 0. The van der Waals surface area contributed by atoms with Gasteiger partial charge >= 0.3 is 0 Å². The van der Waals surface area contributed by atoms with Gasteiger partial charge in [0.25, 0.3) is 5.69 Å². The van der Waals surface area contributed by atoms with Gasteiger partial charge in [-0.1, -0.05) is 43.7 Å². The summed E-state index contributed by atoms with van der Waals surface area (Å²) in [6, 6.07) is 3.11. The van der Waals surface area contributed by atoms with Crippen LogP contribution in [0.3, 0.4) is 0 Å². The first-order chi connectivity index (χ1) is 16.4. The fraction of sp³-hybridized carbons (Fsp3) is 0.720. The zero-order valence-corrected chi connectivity index (χ0v) is 21.0. The molecule has 34 heavy (non-hydrogen) atoms. The van der Waals surface area contributed by atoms with Gasteiger partial charge in [0, 0.05) is 31.7 Å². The van der Waals surface area contributed by atoms with Gasteiger partial charge < -0.3 is 19.8 Å². The van der Waals surface area contributed by atoms with Crippen LogP contribution in [0.1, 0.15) is 95.6 Å². The highest BCUT2D eigenvalue weighted by Crippen LogP contribution is 2.38. The maximum absolute atomic E-state index is 12.9. The van der Waals surface area contributed by atoms with Crippen LogP contribution in [0.2, 0.25) is 5.02 Å². The minimum atomic E-state index is -1.08. The number of rotatable bonds is 15. The van der Waals surface area contributed by atoms with Crippen molar-refractivity contribution >= 4 is 23.2 Å². The molecule has 0 bridgehead atoms. The van der Waals surface area contributed by atoms with E-state index in [0.29, 0.717) is 24.8 Å². The van der Waals surface area contributed by atoms with Crippen LogP contribution in [0, 0.1) is 10.1 Å². The molecule has 1 aliphatic rings. The minimum Gasteiger partial charge on any atom is -0.492 e. The Morgan fingerprint density at radius 1 is 1.18 bits per heavy atom. The minimum absolute atomic E-state index is 0.0594. The Labute approximate surface area is 207 Å². The summed E-state index contributed by atoms with van der Waals surface area (Å²) in [4.78, 5) is 25.5. The lowest BCUT2D eigenvalue weighted by atomic mass is 9.93. The van der Waals surface area contributed by atoms with E-state index in [0.717, 1.165) is 57.9 Å². The second kappa shape index (κ2) is 15.2. The molecule has 9 heteroatoms. The number of hydrogen-bond acceptors (Lipinski definition) is 6. The first-order valence-electron chi connectivity index (χ1n) is 12.5. The van der Waals surface area contributed by atoms with Gasteiger partial charge in [-0.3, -0.25) is 14.9 Å². The normalized spacial score (nSPS) is 15.2. The van der Waals surface area contributed by atoms with E-state index in [1.165, 1.54) is 38.3 Å². The second-order valence-electron chi connectivity index (χ2n) is 9.07. The van der Waals surface area contributed by atoms with E-state index in [4.69, 9.17) is 21.4 Å². The summed E-state index contributed by atoms with van der Waals surface area (Å²) in [5.41, 5.74) is -0.167. The molecule has 0 heterocycles. The first kappa shape index (κ1) is 28.3. The third kappa shape index (κ3) is 8.71.